The van der Waals surface area contributed by atoms with Crippen molar-refractivity contribution in [2.45, 2.75) is 38.6 Å². The predicted octanol–water partition coefficient (Wildman–Crippen LogP) is 3.13. The largest absolute Gasteiger partial charge is 0.396 e. The third-order valence-corrected chi connectivity index (χ3v) is 3.68. The zero-order valence-corrected chi connectivity index (χ0v) is 10.2. The number of hydrogen-bond acceptors (Lipinski definition) is 3. The monoisotopic (exact) mass is 229 g/mol. The number of anilines is 2. The molecule has 3 N–H and O–H groups in total. The van der Waals surface area contributed by atoms with Crippen LogP contribution in [0.4, 0.5) is 11.4 Å². The number of hydrogen-bond donors (Lipinski definition) is 2. The number of benzene rings is 1. The van der Waals surface area contributed by atoms with Crippen LogP contribution in [0.1, 0.15) is 38.2 Å². The van der Waals surface area contributed by atoms with Gasteiger partial charge >= 0.3 is 0 Å². The van der Waals surface area contributed by atoms with Crippen LogP contribution < -0.4 is 11.1 Å². The second-order valence-electron chi connectivity index (χ2n) is 4.89. The molecular weight excluding hydrogens is 210 g/mol. The first-order valence-corrected chi connectivity index (χ1v) is 6.27. The fraction of sp³-hybridized carbons (Fsp3) is 0.500. The van der Waals surface area contributed by atoms with Gasteiger partial charge in [0.25, 0.3) is 0 Å². The van der Waals surface area contributed by atoms with Crippen molar-refractivity contribution in [3.05, 3.63) is 23.8 Å². The molecule has 2 atom stereocenters. The number of nitrogen functional groups attached to an aromatic ring is 1. The molecule has 1 aliphatic rings. The maximum absolute atomic E-state index is 8.94. The number of para-hydroxylation sites is 1. The second kappa shape index (κ2) is 5.09. The van der Waals surface area contributed by atoms with E-state index in [2.05, 4.69) is 18.3 Å². The Kier molecular flexibility index (Phi) is 3.53. The van der Waals surface area contributed by atoms with Crippen LogP contribution in [0.5, 0.6) is 0 Å². The van der Waals surface area contributed by atoms with Gasteiger partial charge in [0.1, 0.15) is 6.07 Å². The fourth-order valence-electron chi connectivity index (χ4n) is 2.52. The van der Waals surface area contributed by atoms with Gasteiger partial charge in [-0.15, -0.1) is 0 Å². The molecule has 1 aromatic rings. The fourth-order valence-corrected chi connectivity index (χ4v) is 2.52. The second-order valence-corrected chi connectivity index (χ2v) is 4.89. The van der Waals surface area contributed by atoms with Gasteiger partial charge in [0.2, 0.25) is 0 Å². The van der Waals surface area contributed by atoms with Crippen LogP contribution in [0.25, 0.3) is 0 Å². The van der Waals surface area contributed by atoms with E-state index in [1.165, 1.54) is 25.7 Å². The molecule has 0 aliphatic heterocycles. The summed E-state index contributed by atoms with van der Waals surface area (Å²) in [5.74, 6) is 0.675. The van der Waals surface area contributed by atoms with Crippen molar-refractivity contribution in [3.63, 3.8) is 0 Å². The number of nitrogens with two attached hydrogens (primary N) is 1. The summed E-state index contributed by atoms with van der Waals surface area (Å²) < 4.78 is 0. The van der Waals surface area contributed by atoms with Crippen LogP contribution in [0.2, 0.25) is 0 Å². The first-order valence-electron chi connectivity index (χ1n) is 6.27. The summed E-state index contributed by atoms with van der Waals surface area (Å²) in [6, 6.07) is 8.20. The zero-order chi connectivity index (χ0) is 12.3. The highest BCUT2D eigenvalue weighted by molar-refractivity contribution is 5.73. The lowest BCUT2D eigenvalue weighted by Gasteiger charge is -2.30. The Morgan fingerprint density at radius 3 is 2.82 bits per heavy atom. The Balaban J connectivity index is 2.16. The minimum absolute atomic E-state index is 0.486. The minimum Gasteiger partial charge on any atom is -0.396 e. The molecule has 0 spiro atoms. The van der Waals surface area contributed by atoms with Gasteiger partial charge in [-0.05, 0) is 30.9 Å². The Labute approximate surface area is 103 Å². The van der Waals surface area contributed by atoms with Crippen molar-refractivity contribution >= 4 is 11.4 Å². The smallest absolute Gasteiger partial charge is 0.101 e. The SMILES string of the molecule is CC1CCCCC1Nc1cccc(C#N)c1N. The molecule has 0 heterocycles. The standard InChI is InChI=1S/C14H19N3/c1-10-5-2-3-7-12(10)17-13-8-4-6-11(9-15)14(13)16/h4,6,8,10,12,17H,2-3,5,7,16H2,1H3. The van der Waals surface area contributed by atoms with Crippen molar-refractivity contribution in [1.82, 2.24) is 0 Å². The van der Waals surface area contributed by atoms with Gasteiger partial charge in [-0.2, -0.15) is 5.26 Å². The molecule has 3 nitrogen and oxygen atoms in total. The summed E-state index contributed by atoms with van der Waals surface area (Å²) in [5.41, 5.74) is 8.01. The molecule has 2 rings (SSSR count). The summed E-state index contributed by atoms with van der Waals surface area (Å²) in [6.07, 6.45) is 5.07. The highest BCUT2D eigenvalue weighted by Crippen LogP contribution is 2.29. The van der Waals surface area contributed by atoms with Crippen LogP contribution in [-0.4, -0.2) is 6.04 Å². The first-order chi connectivity index (χ1) is 8.22. The van der Waals surface area contributed by atoms with Crippen molar-refractivity contribution in [1.29, 1.82) is 5.26 Å². The number of nitrogens with one attached hydrogen (secondary N) is 1. The lowest BCUT2D eigenvalue weighted by atomic mass is 9.86. The molecule has 1 saturated carbocycles. The van der Waals surface area contributed by atoms with Crippen molar-refractivity contribution in [3.8, 4) is 6.07 Å². The van der Waals surface area contributed by atoms with Gasteiger partial charge in [0.15, 0.2) is 0 Å². The van der Waals surface area contributed by atoms with Gasteiger partial charge in [-0.3, -0.25) is 0 Å². The minimum atomic E-state index is 0.486. The molecular formula is C14H19N3. The Bertz CT molecular complexity index is 434. The average molecular weight is 229 g/mol. The van der Waals surface area contributed by atoms with Crippen molar-refractivity contribution < 1.29 is 0 Å². The Morgan fingerprint density at radius 1 is 1.35 bits per heavy atom. The zero-order valence-electron chi connectivity index (χ0n) is 10.2. The van der Waals surface area contributed by atoms with Gasteiger partial charge in [-0.1, -0.05) is 25.8 Å². The van der Waals surface area contributed by atoms with Crippen LogP contribution in [-0.2, 0) is 0 Å². The van der Waals surface area contributed by atoms with E-state index in [4.69, 9.17) is 11.0 Å². The van der Waals surface area contributed by atoms with E-state index in [1.807, 2.05) is 12.1 Å². The van der Waals surface area contributed by atoms with Gasteiger partial charge in [-0.25, -0.2) is 0 Å². The molecule has 1 aliphatic carbocycles. The number of nitrogens with zero attached hydrogens (tertiary/aromatic N) is 1. The summed E-state index contributed by atoms with van der Waals surface area (Å²) >= 11 is 0. The van der Waals surface area contributed by atoms with E-state index in [-0.39, 0.29) is 0 Å². The lowest BCUT2D eigenvalue weighted by Crippen LogP contribution is -2.30. The summed E-state index contributed by atoms with van der Waals surface area (Å²) in [6.45, 7) is 2.28. The van der Waals surface area contributed by atoms with E-state index in [0.29, 0.717) is 23.2 Å². The molecule has 0 radical (unpaired) electrons. The Morgan fingerprint density at radius 2 is 2.12 bits per heavy atom. The molecule has 1 aromatic carbocycles. The molecule has 0 aromatic heterocycles. The molecule has 1 fully saturated rings. The maximum atomic E-state index is 8.94. The highest BCUT2D eigenvalue weighted by Gasteiger charge is 2.21. The molecule has 3 heteroatoms. The third-order valence-electron chi connectivity index (χ3n) is 3.68. The highest BCUT2D eigenvalue weighted by atomic mass is 14.9. The van der Waals surface area contributed by atoms with Crippen molar-refractivity contribution in [2.75, 3.05) is 11.1 Å². The molecule has 0 saturated heterocycles. The van der Waals surface area contributed by atoms with Gasteiger partial charge in [0.05, 0.1) is 16.9 Å². The maximum Gasteiger partial charge on any atom is 0.101 e. The molecule has 17 heavy (non-hydrogen) atoms. The van der Waals surface area contributed by atoms with Gasteiger partial charge in [0, 0.05) is 6.04 Å². The number of rotatable bonds is 2. The molecule has 90 valence electrons. The molecule has 2 unspecified atom stereocenters. The topological polar surface area (TPSA) is 61.8 Å². The molecule has 0 bridgehead atoms. The van der Waals surface area contributed by atoms with E-state index in [1.54, 1.807) is 6.07 Å². The van der Waals surface area contributed by atoms with E-state index in [9.17, 15) is 0 Å². The van der Waals surface area contributed by atoms with E-state index < -0.39 is 0 Å². The summed E-state index contributed by atoms with van der Waals surface area (Å²) in [5, 5.41) is 12.4. The summed E-state index contributed by atoms with van der Waals surface area (Å²) in [7, 11) is 0. The van der Waals surface area contributed by atoms with Crippen LogP contribution in [0.15, 0.2) is 18.2 Å². The van der Waals surface area contributed by atoms with Crippen LogP contribution >= 0.6 is 0 Å². The lowest BCUT2D eigenvalue weighted by molar-refractivity contribution is 0.349. The van der Waals surface area contributed by atoms with E-state index in [0.717, 1.165) is 5.69 Å². The first kappa shape index (κ1) is 11.8. The van der Waals surface area contributed by atoms with Gasteiger partial charge < -0.3 is 11.1 Å². The van der Waals surface area contributed by atoms with E-state index >= 15 is 0 Å². The van der Waals surface area contributed by atoms with Crippen LogP contribution in [0.3, 0.4) is 0 Å². The molecule has 0 amide bonds. The van der Waals surface area contributed by atoms with Crippen molar-refractivity contribution in [2.24, 2.45) is 5.92 Å². The normalized spacial score (nSPS) is 24.0. The average Bonchev–Trinajstić information content (AvgIpc) is 2.34. The summed E-state index contributed by atoms with van der Waals surface area (Å²) in [4.78, 5) is 0. The predicted molar refractivity (Wildman–Crippen MR) is 70.6 cm³/mol. The quantitative estimate of drug-likeness (QED) is 0.766. The number of nitriles is 1. The third kappa shape index (κ3) is 2.52. The Hall–Kier alpha value is -1.69. The van der Waals surface area contributed by atoms with Crippen LogP contribution in [0, 0.1) is 17.2 Å².